The Bertz CT molecular complexity index is 396. The summed E-state index contributed by atoms with van der Waals surface area (Å²) in [5.74, 6) is 1.11. The average molecular weight is 243 g/mol. The zero-order valence-electron chi connectivity index (χ0n) is 9.42. The summed E-state index contributed by atoms with van der Waals surface area (Å²) in [6, 6.07) is 3.50. The van der Waals surface area contributed by atoms with E-state index in [0.29, 0.717) is 35.3 Å². The van der Waals surface area contributed by atoms with Crippen LogP contribution in [0.2, 0.25) is 5.02 Å². The van der Waals surface area contributed by atoms with E-state index in [1.807, 2.05) is 0 Å². The fourth-order valence-electron chi connectivity index (χ4n) is 1.71. The molecule has 0 spiro atoms. The monoisotopic (exact) mass is 242 g/mol. The first-order valence-electron chi connectivity index (χ1n) is 5.31. The van der Waals surface area contributed by atoms with Crippen LogP contribution in [0.25, 0.3) is 0 Å². The van der Waals surface area contributed by atoms with Gasteiger partial charge in [-0.15, -0.1) is 0 Å². The summed E-state index contributed by atoms with van der Waals surface area (Å²) < 4.78 is 11.2. The van der Waals surface area contributed by atoms with Crippen molar-refractivity contribution in [3.05, 3.63) is 22.7 Å². The Morgan fingerprint density at radius 1 is 1.19 bits per heavy atom. The second kappa shape index (κ2) is 4.15. The summed E-state index contributed by atoms with van der Waals surface area (Å²) in [5.41, 5.74) is -0.267. The Balaban J connectivity index is 2.56. The lowest BCUT2D eigenvalue weighted by molar-refractivity contribution is 0.0747. The summed E-state index contributed by atoms with van der Waals surface area (Å²) >= 11 is 6.05. The van der Waals surface area contributed by atoms with Crippen molar-refractivity contribution in [3.63, 3.8) is 0 Å². The van der Waals surface area contributed by atoms with Crippen LogP contribution in [0.4, 0.5) is 0 Å². The maximum atomic E-state index is 10.0. The van der Waals surface area contributed by atoms with Crippen LogP contribution < -0.4 is 9.47 Å². The number of halogens is 1. The Kier molecular flexibility index (Phi) is 3.00. The number of rotatable bonds is 1. The van der Waals surface area contributed by atoms with Crippen molar-refractivity contribution in [2.45, 2.75) is 25.9 Å². The van der Waals surface area contributed by atoms with E-state index in [1.54, 1.807) is 26.0 Å². The third-order valence-corrected chi connectivity index (χ3v) is 2.80. The molecule has 0 unspecified atom stereocenters. The van der Waals surface area contributed by atoms with Crippen molar-refractivity contribution in [2.75, 3.05) is 13.2 Å². The van der Waals surface area contributed by atoms with Gasteiger partial charge in [0.25, 0.3) is 0 Å². The molecule has 16 heavy (non-hydrogen) atoms. The molecule has 0 saturated heterocycles. The number of fused-ring (bicyclic) bond motifs is 1. The molecular formula is C12H15ClO3. The van der Waals surface area contributed by atoms with Crippen LogP contribution in [0.3, 0.4) is 0 Å². The number of benzene rings is 1. The van der Waals surface area contributed by atoms with Gasteiger partial charge in [-0.1, -0.05) is 17.7 Å². The molecule has 3 nitrogen and oxygen atoms in total. The second-order valence-electron chi connectivity index (χ2n) is 4.36. The van der Waals surface area contributed by atoms with E-state index >= 15 is 0 Å². The number of hydrogen-bond donors (Lipinski definition) is 1. The molecule has 1 aliphatic heterocycles. The SMILES string of the molecule is CC(C)(O)c1ccc(Cl)c2c1OCCCO2. The highest BCUT2D eigenvalue weighted by atomic mass is 35.5. The molecule has 0 aliphatic carbocycles. The van der Waals surface area contributed by atoms with Crippen molar-refractivity contribution in [3.8, 4) is 11.5 Å². The molecule has 1 aromatic carbocycles. The summed E-state index contributed by atoms with van der Waals surface area (Å²) in [4.78, 5) is 0. The van der Waals surface area contributed by atoms with Crippen LogP contribution in [0.15, 0.2) is 12.1 Å². The van der Waals surface area contributed by atoms with Gasteiger partial charge in [-0.2, -0.15) is 0 Å². The first-order chi connectivity index (χ1) is 7.50. The van der Waals surface area contributed by atoms with E-state index in [1.165, 1.54) is 0 Å². The molecule has 0 bridgehead atoms. The second-order valence-corrected chi connectivity index (χ2v) is 4.77. The van der Waals surface area contributed by atoms with Crippen LogP contribution in [0.1, 0.15) is 25.8 Å². The lowest BCUT2D eigenvalue weighted by atomic mass is 9.97. The number of hydrogen-bond acceptors (Lipinski definition) is 3. The Hall–Kier alpha value is -0.930. The van der Waals surface area contributed by atoms with Gasteiger partial charge >= 0.3 is 0 Å². The van der Waals surface area contributed by atoms with Gasteiger partial charge in [-0.25, -0.2) is 0 Å². The maximum absolute atomic E-state index is 10.0. The minimum Gasteiger partial charge on any atom is -0.489 e. The molecule has 0 amide bonds. The first-order valence-corrected chi connectivity index (χ1v) is 5.69. The van der Waals surface area contributed by atoms with Crippen molar-refractivity contribution in [2.24, 2.45) is 0 Å². The van der Waals surface area contributed by atoms with Crippen LogP contribution in [-0.4, -0.2) is 18.3 Å². The number of ether oxygens (including phenoxy) is 2. The maximum Gasteiger partial charge on any atom is 0.180 e. The zero-order chi connectivity index (χ0) is 11.8. The minimum atomic E-state index is -0.970. The van der Waals surface area contributed by atoms with E-state index < -0.39 is 5.60 Å². The zero-order valence-corrected chi connectivity index (χ0v) is 10.2. The average Bonchev–Trinajstić information content (AvgIpc) is 2.42. The summed E-state index contributed by atoms with van der Waals surface area (Å²) in [5, 5.41) is 10.6. The minimum absolute atomic E-state index is 0.518. The Labute approximate surface area is 99.9 Å². The molecule has 0 atom stereocenters. The molecule has 0 aromatic heterocycles. The lowest BCUT2D eigenvalue weighted by Gasteiger charge is -2.22. The van der Waals surface area contributed by atoms with Gasteiger partial charge in [0.2, 0.25) is 0 Å². The summed E-state index contributed by atoms with van der Waals surface area (Å²) in [6.07, 6.45) is 0.816. The van der Waals surface area contributed by atoms with Gasteiger partial charge in [0.1, 0.15) is 0 Å². The van der Waals surface area contributed by atoms with E-state index in [0.717, 1.165) is 6.42 Å². The van der Waals surface area contributed by atoms with Gasteiger partial charge < -0.3 is 14.6 Å². The highest BCUT2D eigenvalue weighted by Crippen LogP contribution is 2.43. The van der Waals surface area contributed by atoms with Crippen molar-refractivity contribution in [1.29, 1.82) is 0 Å². The fourth-order valence-corrected chi connectivity index (χ4v) is 1.91. The number of aliphatic hydroxyl groups is 1. The van der Waals surface area contributed by atoms with Crippen molar-refractivity contribution >= 4 is 11.6 Å². The van der Waals surface area contributed by atoms with Gasteiger partial charge in [-0.3, -0.25) is 0 Å². The fraction of sp³-hybridized carbons (Fsp3) is 0.500. The highest BCUT2D eigenvalue weighted by Gasteiger charge is 2.26. The molecule has 0 saturated carbocycles. The molecule has 1 aromatic rings. The molecule has 0 fully saturated rings. The van der Waals surface area contributed by atoms with E-state index in [4.69, 9.17) is 21.1 Å². The van der Waals surface area contributed by atoms with E-state index in [2.05, 4.69) is 0 Å². The molecule has 1 aliphatic rings. The molecule has 88 valence electrons. The molecule has 4 heteroatoms. The van der Waals surface area contributed by atoms with Gasteiger partial charge in [0, 0.05) is 12.0 Å². The molecule has 2 rings (SSSR count). The predicted molar refractivity (Wildman–Crippen MR) is 62.3 cm³/mol. The quantitative estimate of drug-likeness (QED) is 0.823. The van der Waals surface area contributed by atoms with Crippen molar-refractivity contribution in [1.82, 2.24) is 0 Å². The summed E-state index contributed by atoms with van der Waals surface area (Å²) in [7, 11) is 0. The standard InChI is InChI=1S/C12H15ClO3/c1-12(2,14)8-4-5-9(13)11-10(8)15-6-3-7-16-11/h4-5,14H,3,6-7H2,1-2H3. The van der Waals surface area contributed by atoms with Crippen molar-refractivity contribution < 1.29 is 14.6 Å². The molecular weight excluding hydrogens is 228 g/mol. The topological polar surface area (TPSA) is 38.7 Å². The molecule has 1 N–H and O–H groups in total. The largest absolute Gasteiger partial charge is 0.489 e. The van der Waals surface area contributed by atoms with Crippen LogP contribution in [0.5, 0.6) is 11.5 Å². The first kappa shape index (κ1) is 11.6. The normalized spacial score (nSPS) is 15.8. The molecule has 1 heterocycles. The predicted octanol–water partition coefficient (Wildman–Crippen LogP) is 2.73. The Morgan fingerprint density at radius 3 is 2.44 bits per heavy atom. The van der Waals surface area contributed by atoms with Crippen LogP contribution >= 0.6 is 11.6 Å². The van der Waals surface area contributed by atoms with Crippen LogP contribution in [0, 0.1) is 0 Å². The van der Waals surface area contributed by atoms with Gasteiger partial charge in [0.05, 0.1) is 23.8 Å². The highest BCUT2D eigenvalue weighted by molar-refractivity contribution is 6.32. The third-order valence-electron chi connectivity index (χ3n) is 2.50. The summed E-state index contributed by atoms with van der Waals surface area (Å²) in [6.45, 7) is 4.59. The molecule has 0 radical (unpaired) electrons. The lowest BCUT2D eigenvalue weighted by Crippen LogP contribution is -2.17. The van der Waals surface area contributed by atoms with E-state index in [9.17, 15) is 5.11 Å². The van der Waals surface area contributed by atoms with E-state index in [-0.39, 0.29) is 0 Å². The third kappa shape index (κ3) is 2.11. The van der Waals surface area contributed by atoms with Gasteiger partial charge in [-0.05, 0) is 19.9 Å². The van der Waals surface area contributed by atoms with Crippen LogP contribution in [-0.2, 0) is 5.60 Å². The van der Waals surface area contributed by atoms with Gasteiger partial charge in [0.15, 0.2) is 11.5 Å². The Morgan fingerprint density at radius 2 is 1.81 bits per heavy atom. The smallest absolute Gasteiger partial charge is 0.180 e.